The highest BCUT2D eigenvalue weighted by molar-refractivity contribution is 5.40. The summed E-state index contributed by atoms with van der Waals surface area (Å²) in [6, 6.07) is 8.95. The molecule has 0 bridgehead atoms. The Morgan fingerprint density at radius 2 is 1.94 bits per heavy atom. The van der Waals surface area contributed by atoms with Gasteiger partial charge in [-0.3, -0.25) is 4.98 Å². The predicted octanol–water partition coefficient (Wildman–Crippen LogP) is 2.45. The van der Waals surface area contributed by atoms with E-state index in [0.717, 1.165) is 5.69 Å². The van der Waals surface area contributed by atoms with Crippen molar-refractivity contribution >= 4 is 0 Å². The standard InChI is InChI=1S/C12H9N3O/c1-9-11(5-3-6-14-9)16-12-10(8-13)4-2-7-15-12/h2-7H,1H3. The molecule has 4 heteroatoms. The van der Waals surface area contributed by atoms with Crippen LogP contribution >= 0.6 is 0 Å². The Hall–Kier alpha value is -2.41. The number of rotatable bonds is 2. The summed E-state index contributed by atoms with van der Waals surface area (Å²) in [4.78, 5) is 8.11. The van der Waals surface area contributed by atoms with Gasteiger partial charge >= 0.3 is 0 Å². The Morgan fingerprint density at radius 3 is 2.69 bits per heavy atom. The molecule has 0 saturated carbocycles. The number of nitriles is 1. The van der Waals surface area contributed by atoms with Crippen molar-refractivity contribution in [3.8, 4) is 17.7 Å². The molecule has 0 fully saturated rings. The lowest BCUT2D eigenvalue weighted by Crippen LogP contribution is -1.94. The van der Waals surface area contributed by atoms with E-state index in [4.69, 9.17) is 10.00 Å². The van der Waals surface area contributed by atoms with E-state index in [1.807, 2.05) is 13.0 Å². The van der Waals surface area contributed by atoms with Crippen LogP contribution in [0.2, 0.25) is 0 Å². The molecule has 2 heterocycles. The van der Waals surface area contributed by atoms with Crippen LogP contribution in [0.25, 0.3) is 0 Å². The van der Waals surface area contributed by atoms with Crippen LogP contribution in [-0.2, 0) is 0 Å². The summed E-state index contributed by atoms with van der Waals surface area (Å²) in [5.41, 5.74) is 1.17. The van der Waals surface area contributed by atoms with Gasteiger partial charge in [-0.15, -0.1) is 0 Å². The second kappa shape index (κ2) is 4.41. The summed E-state index contributed by atoms with van der Waals surface area (Å²) in [7, 11) is 0. The van der Waals surface area contributed by atoms with E-state index in [1.54, 1.807) is 36.7 Å². The molecule has 16 heavy (non-hydrogen) atoms. The molecule has 0 saturated heterocycles. The Labute approximate surface area is 93.2 Å². The highest BCUT2D eigenvalue weighted by atomic mass is 16.5. The van der Waals surface area contributed by atoms with Crippen molar-refractivity contribution in [1.29, 1.82) is 5.26 Å². The molecule has 0 aliphatic rings. The smallest absolute Gasteiger partial charge is 0.237 e. The predicted molar refractivity (Wildman–Crippen MR) is 58.0 cm³/mol. The van der Waals surface area contributed by atoms with Crippen LogP contribution in [0.3, 0.4) is 0 Å². The molecule has 0 N–H and O–H groups in total. The van der Waals surface area contributed by atoms with Crippen molar-refractivity contribution in [1.82, 2.24) is 9.97 Å². The van der Waals surface area contributed by atoms with Crippen molar-refractivity contribution in [2.75, 3.05) is 0 Å². The van der Waals surface area contributed by atoms with Crippen molar-refractivity contribution in [2.45, 2.75) is 6.92 Å². The van der Waals surface area contributed by atoms with Gasteiger partial charge in [-0.1, -0.05) is 0 Å². The van der Waals surface area contributed by atoms with Gasteiger partial charge in [-0.05, 0) is 31.2 Å². The third-order valence-corrected chi connectivity index (χ3v) is 2.06. The molecule has 0 radical (unpaired) electrons. The summed E-state index contributed by atoms with van der Waals surface area (Å²) in [5.74, 6) is 0.916. The van der Waals surface area contributed by atoms with Crippen molar-refractivity contribution in [2.24, 2.45) is 0 Å². The van der Waals surface area contributed by atoms with Gasteiger partial charge in [-0.25, -0.2) is 4.98 Å². The van der Waals surface area contributed by atoms with E-state index in [1.165, 1.54) is 0 Å². The van der Waals surface area contributed by atoms with Crippen LogP contribution in [0.15, 0.2) is 36.7 Å². The van der Waals surface area contributed by atoms with Gasteiger partial charge in [0.25, 0.3) is 0 Å². The fourth-order valence-electron chi connectivity index (χ4n) is 1.24. The van der Waals surface area contributed by atoms with E-state index in [-0.39, 0.29) is 0 Å². The minimum absolute atomic E-state index is 0.307. The number of hydrogen-bond donors (Lipinski definition) is 0. The first-order valence-electron chi connectivity index (χ1n) is 4.76. The van der Waals surface area contributed by atoms with Crippen LogP contribution in [0.4, 0.5) is 0 Å². The maximum atomic E-state index is 8.88. The molecular weight excluding hydrogens is 202 g/mol. The Bertz CT molecular complexity index is 546. The lowest BCUT2D eigenvalue weighted by Gasteiger charge is -2.07. The normalized spacial score (nSPS) is 9.50. The summed E-state index contributed by atoms with van der Waals surface area (Å²) >= 11 is 0. The number of pyridine rings is 2. The first-order chi connectivity index (χ1) is 7.81. The molecule has 2 aromatic rings. The van der Waals surface area contributed by atoms with Crippen LogP contribution in [0.5, 0.6) is 11.6 Å². The van der Waals surface area contributed by atoms with Crippen LogP contribution in [0, 0.1) is 18.3 Å². The maximum Gasteiger partial charge on any atom is 0.237 e. The highest BCUT2D eigenvalue weighted by Crippen LogP contribution is 2.23. The second-order valence-electron chi connectivity index (χ2n) is 3.16. The van der Waals surface area contributed by atoms with E-state index < -0.39 is 0 Å². The molecule has 0 aliphatic carbocycles. The molecule has 78 valence electrons. The fraction of sp³-hybridized carbons (Fsp3) is 0.0833. The quantitative estimate of drug-likeness (QED) is 0.765. The minimum atomic E-state index is 0.307. The van der Waals surface area contributed by atoms with Crippen molar-refractivity contribution in [3.63, 3.8) is 0 Å². The zero-order valence-electron chi connectivity index (χ0n) is 8.71. The van der Waals surface area contributed by atoms with Crippen LogP contribution in [-0.4, -0.2) is 9.97 Å². The van der Waals surface area contributed by atoms with E-state index in [0.29, 0.717) is 17.2 Å². The van der Waals surface area contributed by atoms with Crippen molar-refractivity contribution in [3.05, 3.63) is 47.9 Å². The molecule has 0 aliphatic heterocycles. The molecular formula is C12H9N3O. The molecule has 2 rings (SSSR count). The zero-order chi connectivity index (χ0) is 11.4. The lowest BCUT2D eigenvalue weighted by molar-refractivity contribution is 0.455. The number of aryl methyl sites for hydroxylation is 1. The Morgan fingerprint density at radius 1 is 1.19 bits per heavy atom. The number of hydrogen-bond acceptors (Lipinski definition) is 4. The van der Waals surface area contributed by atoms with Gasteiger partial charge in [0.15, 0.2) is 5.75 Å². The molecule has 0 amide bonds. The summed E-state index contributed by atoms with van der Waals surface area (Å²) in [5, 5.41) is 8.88. The molecule has 0 aromatic carbocycles. The third-order valence-electron chi connectivity index (χ3n) is 2.06. The fourth-order valence-corrected chi connectivity index (χ4v) is 1.24. The highest BCUT2D eigenvalue weighted by Gasteiger charge is 2.06. The number of nitrogens with zero attached hydrogens (tertiary/aromatic N) is 3. The molecule has 0 spiro atoms. The van der Waals surface area contributed by atoms with Gasteiger partial charge in [0.2, 0.25) is 5.88 Å². The summed E-state index contributed by atoms with van der Waals surface area (Å²) in [6.45, 7) is 1.84. The minimum Gasteiger partial charge on any atom is -0.436 e. The van der Waals surface area contributed by atoms with E-state index >= 15 is 0 Å². The monoisotopic (exact) mass is 211 g/mol. The number of aromatic nitrogens is 2. The maximum absolute atomic E-state index is 8.88. The SMILES string of the molecule is Cc1ncccc1Oc1ncccc1C#N. The summed E-state index contributed by atoms with van der Waals surface area (Å²) < 4.78 is 5.54. The zero-order valence-corrected chi connectivity index (χ0v) is 8.71. The second-order valence-corrected chi connectivity index (χ2v) is 3.16. The van der Waals surface area contributed by atoms with E-state index in [9.17, 15) is 0 Å². The largest absolute Gasteiger partial charge is 0.436 e. The molecule has 0 atom stereocenters. The Kier molecular flexibility index (Phi) is 2.79. The Balaban J connectivity index is 2.35. The van der Waals surface area contributed by atoms with Crippen molar-refractivity contribution < 1.29 is 4.74 Å². The third kappa shape index (κ3) is 1.98. The average molecular weight is 211 g/mol. The van der Waals surface area contributed by atoms with E-state index in [2.05, 4.69) is 9.97 Å². The molecule has 2 aromatic heterocycles. The van der Waals surface area contributed by atoms with Gasteiger partial charge in [0.05, 0.1) is 5.69 Å². The average Bonchev–Trinajstić information content (AvgIpc) is 2.33. The summed E-state index contributed by atoms with van der Waals surface area (Å²) in [6.07, 6.45) is 3.27. The first kappa shape index (κ1) is 10.1. The molecule has 0 unspecified atom stereocenters. The van der Waals surface area contributed by atoms with Crippen LogP contribution < -0.4 is 4.74 Å². The van der Waals surface area contributed by atoms with Gasteiger partial charge in [-0.2, -0.15) is 5.26 Å². The lowest BCUT2D eigenvalue weighted by atomic mass is 10.3. The van der Waals surface area contributed by atoms with Gasteiger partial charge < -0.3 is 4.74 Å². The van der Waals surface area contributed by atoms with Gasteiger partial charge in [0, 0.05) is 12.4 Å². The first-order valence-corrected chi connectivity index (χ1v) is 4.76. The van der Waals surface area contributed by atoms with Gasteiger partial charge in [0.1, 0.15) is 11.6 Å². The number of ether oxygens (including phenoxy) is 1. The topological polar surface area (TPSA) is 58.8 Å². The molecule has 4 nitrogen and oxygen atoms in total. The van der Waals surface area contributed by atoms with Crippen LogP contribution in [0.1, 0.15) is 11.3 Å².